The summed E-state index contributed by atoms with van der Waals surface area (Å²) in [6, 6.07) is 11.9. The number of hydrogen-bond donors (Lipinski definition) is 1. The molecule has 0 aliphatic carbocycles. The van der Waals surface area contributed by atoms with Crippen LogP contribution < -0.4 is 14.4 Å². The van der Waals surface area contributed by atoms with Gasteiger partial charge >= 0.3 is 18.4 Å². The van der Waals surface area contributed by atoms with Gasteiger partial charge in [-0.3, -0.25) is 14.4 Å². The summed E-state index contributed by atoms with van der Waals surface area (Å²) in [6.45, 7) is 0.491. The number of anilines is 1. The lowest BCUT2D eigenvalue weighted by Crippen LogP contribution is -2.43. The fourth-order valence-corrected chi connectivity index (χ4v) is 4.33. The van der Waals surface area contributed by atoms with Crippen LogP contribution in [-0.4, -0.2) is 58.4 Å². The minimum absolute atomic E-state index is 0.0572. The number of imidazole rings is 1. The highest BCUT2D eigenvalue weighted by Crippen LogP contribution is 2.49. The largest absolute Gasteiger partial charge is 0.573 e. The maximum absolute atomic E-state index is 13.2. The number of epoxide rings is 1. The van der Waals surface area contributed by atoms with Gasteiger partial charge in [-0.1, -0.05) is 29.8 Å². The van der Waals surface area contributed by atoms with Gasteiger partial charge in [0.1, 0.15) is 17.6 Å². The lowest BCUT2D eigenvalue weighted by atomic mass is 10.2. The zero-order valence-electron chi connectivity index (χ0n) is 19.5. The van der Waals surface area contributed by atoms with E-state index in [1.165, 1.54) is 21.9 Å². The summed E-state index contributed by atoms with van der Waals surface area (Å²) in [4.78, 5) is 20.6. The van der Waals surface area contributed by atoms with Crippen LogP contribution in [0.3, 0.4) is 0 Å². The van der Waals surface area contributed by atoms with E-state index in [1.807, 2.05) is 12.1 Å². The van der Waals surface area contributed by atoms with E-state index in [1.54, 1.807) is 23.7 Å². The maximum Gasteiger partial charge on any atom is 0.573 e. The number of hydrogen-bond acceptors (Lipinski definition) is 6. The van der Waals surface area contributed by atoms with Crippen molar-refractivity contribution in [3.63, 3.8) is 0 Å². The van der Waals surface area contributed by atoms with Gasteiger partial charge in [0.25, 0.3) is 0 Å². The van der Waals surface area contributed by atoms with Crippen LogP contribution in [-0.2, 0) is 11.3 Å². The van der Waals surface area contributed by atoms with E-state index >= 15 is 0 Å². The monoisotopic (exact) mass is 538 g/mol. The zero-order valence-corrected chi connectivity index (χ0v) is 20.2. The number of urea groups is 1. The van der Waals surface area contributed by atoms with Crippen molar-refractivity contribution in [2.45, 2.75) is 31.7 Å². The Morgan fingerprint density at radius 3 is 2.59 bits per heavy atom. The Kier molecular flexibility index (Phi) is 6.65. The number of carbonyl (C=O) groups is 1. The molecule has 0 spiro atoms. The third kappa shape index (κ3) is 5.31. The zero-order chi connectivity index (χ0) is 26.3. The number of ether oxygens (including phenoxy) is 3. The molecule has 0 bridgehead atoms. The van der Waals surface area contributed by atoms with Crippen LogP contribution >= 0.6 is 11.6 Å². The predicted molar refractivity (Wildman–Crippen MR) is 126 cm³/mol. The number of nitrogens with zero attached hydrogens (tertiary/aromatic N) is 4. The quantitative estimate of drug-likeness (QED) is 0.409. The molecule has 9 nitrogen and oxygen atoms in total. The Morgan fingerprint density at radius 1 is 1.16 bits per heavy atom. The summed E-state index contributed by atoms with van der Waals surface area (Å²) in [5.74, 6) is -0.0819. The van der Waals surface area contributed by atoms with Gasteiger partial charge in [0, 0.05) is 31.3 Å². The van der Waals surface area contributed by atoms with Gasteiger partial charge in [0.2, 0.25) is 0 Å². The van der Waals surface area contributed by atoms with Crippen molar-refractivity contribution in [2.75, 3.05) is 25.1 Å². The van der Waals surface area contributed by atoms with Gasteiger partial charge in [0.15, 0.2) is 12.0 Å². The lowest BCUT2D eigenvalue weighted by molar-refractivity contribution is -0.274. The average molecular weight is 539 g/mol. The standard InChI is InChI=1S/C24H22ClF3N4O5/c1-30-20-18(19-21(36-19)31(23(30)34)10-3-11-33)32(13-14-6-8-15(25)9-7-14)22(29-20)35-16-4-2-5-17(12-16)37-24(26,27)28/h2,4-9,12,19,21,33H,3,10-11,13H2,1H3. The number of halogens is 4. The Labute approximate surface area is 214 Å². The number of aliphatic hydroxyl groups is 1. The summed E-state index contributed by atoms with van der Waals surface area (Å²) in [5, 5.41) is 9.79. The summed E-state index contributed by atoms with van der Waals surface area (Å²) < 4.78 is 55.6. The number of benzene rings is 2. The van der Waals surface area contributed by atoms with Gasteiger partial charge in [-0.2, -0.15) is 4.98 Å². The molecule has 0 radical (unpaired) electrons. The first-order valence-corrected chi connectivity index (χ1v) is 11.7. The summed E-state index contributed by atoms with van der Waals surface area (Å²) >= 11 is 6.03. The van der Waals surface area contributed by atoms with E-state index < -0.39 is 24.4 Å². The average Bonchev–Trinajstić information content (AvgIpc) is 3.55. The molecule has 2 aliphatic heterocycles. The molecule has 1 aromatic heterocycles. The van der Waals surface area contributed by atoms with E-state index in [4.69, 9.17) is 21.1 Å². The smallest absolute Gasteiger partial charge is 0.425 e. The van der Waals surface area contributed by atoms with E-state index in [0.717, 1.165) is 17.7 Å². The number of carbonyl (C=O) groups excluding carboxylic acids is 1. The third-order valence-electron chi connectivity index (χ3n) is 5.91. The topological polar surface area (TPSA) is 92.6 Å². The Hall–Kier alpha value is -3.48. The molecule has 1 saturated heterocycles. The van der Waals surface area contributed by atoms with Crippen LogP contribution in [0.15, 0.2) is 48.5 Å². The molecule has 3 heterocycles. The number of fused-ring (bicyclic) bond motifs is 3. The van der Waals surface area contributed by atoms with E-state index in [0.29, 0.717) is 29.5 Å². The molecule has 2 aliphatic rings. The molecule has 2 aromatic carbocycles. The normalized spacial score (nSPS) is 18.8. The second-order valence-electron chi connectivity index (χ2n) is 8.50. The molecule has 1 N–H and O–H groups in total. The van der Waals surface area contributed by atoms with Crippen LogP contribution in [0.25, 0.3) is 0 Å². The van der Waals surface area contributed by atoms with Crippen LogP contribution in [0.4, 0.5) is 23.8 Å². The highest BCUT2D eigenvalue weighted by Gasteiger charge is 2.54. The van der Waals surface area contributed by atoms with Gasteiger partial charge in [-0.15, -0.1) is 13.2 Å². The molecule has 13 heteroatoms. The van der Waals surface area contributed by atoms with Crippen molar-refractivity contribution >= 4 is 23.4 Å². The number of alkyl halides is 3. The van der Waals surface area contributed by atoms with Gasteiger partial charge in [-0.05, 0) is 36.2 Å². The summed E-state index contributed by atoms with van der Waals surface area (Å²) in [7, 11) is 1.57. The molecule has 2 unspecified atom stereocenters. The number of rotatable bonds is 8. The van der Waals surface area contributed by atoms with Gasteiger partial charge < -0.3 is 19.3 Å². The van der Waals surface area contributed by atoms with Crippen LogP contribution in [0, 0.1) is 0 Å². The fourth-order valence-electron chi connectivity index (χ4n) is 4.20. The minimum atomic E-state index is -4.85. The first-order valence-electron chi connectivity index (χ1n) is 11.3. The molecule has 2 atom stereocenters. The second kappa shape index (κ2) is 9.77. The predicted octanol–water partition coefficient (Wildman–Crippen LogP) is 4.93. The highest BCUT2D eigenvalue weighted by atomic mass is 35.5. The molecule has 5 rings (SSSR count). The Morgan fingerprint density at radius 2 is 1.89 bits per heavy atom. The molecule has 2 amide bonds. The first-order chi connectivity index (χ1) is 17.6. The molecule has 37 heavy (non-hydrogen) atoms. The molecule has 3 aromatic rings. The molecule has 1 fully saturated rings. The summed E-state index contributed by atoms with van der Waals surface area (Å²) in [5.41, 5.74) is 1.43. The van der Waals surface area contributed by atoms with Crippen molar-refractivity contribution in [3.8, 4) is 17.5 Å². The molecule has 196 valence electrons. The van der Waals surface area contributed by atoms with Crippen LogP contribution in [0.2, 0.25) is 5.02 Å². The number of amides is 2. The molecular weight excluding hydrogens is 517 g/mol. The number of aromatic nitrogens is 2. The van der Waals surface area contributed by atoms with Gasteiger partial charge in [-0.25, -0.2) is 4.79 Å². The Balaban J connectivity index is 1.53. The van der Waals surface area contributed by atoms with Gasteiger partial charge in [0.05, 0.1) is 12.2 Å². The van der Waals surface area contributed by atoms with E-state index in [9.17, 15) is 23.1 Å². The highest BCUT2D eigenvalue weighted by molar-refractivity contribution is 6.30. The minimum Gasteiger partial charge on any atom is -0.425 e. The van der Waals surface area contributed by atoms with E-state index in [2.05, 4.69) is 9.72 Å². The van der Waals surface area contributed by atoms with Crippen LogP contribution in [0.5, 0.6) is 17.5 Å². The van der Waals surface area contributed by atoms with E-state index in [-0.39, 0.29) is 30.9 Å². The van der Waals surface area contributed by atoms with Crippen molar-refractivity contribution in [1.82, 2.24) is 14.5 Å². The third-order valence-corrected chi connectivity index (χ3v) is 6.16. The summed E-state index contributed by atoms with van der Waals surface area (Å²) in [6.07, 6.45) is -5.51. The first kappa shape index (κ1) is 25.2. The SMILES string of the molecule is CN1C(=O)N(CCCO)C2OC2c2c1nc(Oc1cccc(OC(F)(F)F)c1)n2Cc1ccc(Cl)cc1. The maximum atomic E-state index is 13.2. The van der Waals surface area contributed by atoms with Crippen LogP contribution in [0.1, 0.15) is 23.8 Å². The van der Waals surface area contributed by atoms with Crippen molar-refractivity contribution in [3.05, 3.63) is 64.8 Å². The van der Waals surface area contributed by atoms with Crippen molar-refractivity contribution in [1.29, 1.82) is 0 Å². The Bertz CT molecular complexity index is 1300. The lowest BCUT2D eigenvalue weighted by Gasteiger charge is -2.24. The number of aliphatic hydroxyl groups excluding tert-OH is 1. The molecule has 0 saturated carbocycles. The second-order valence-corrected chi connectivity index (χ2v) is 8.94. The molecular formula is C24H22ClF3N4O5. The van der Waals surface area contributed by atoms with Crippen molar-refractivity contribution in [2.24, 2.45) is 0 Å². The van der Waals surface area contributed by atoms with Crippen molar-refractivity contribution < 1.29 is 37.3 Å². The fraction of sp³-hybridized carbons (Fsp3) is 0.333.